The van der Waals surface area contributed by atoms with Crippen molar-refractivity contribution in [2.45, 2.75) is 32.7 Å². The molecule has 1 saturated heterocycles. The number of carbonyl (C=O) groups is 1. The van der Waals surface area contributed by atoms with Gasteiger partial charge in [-0.2, -0.15) is 0 Å². The second kappa shape index (κ2) is 5.84. The number of hydrogen-bond donors (Lipinski definition) is 1. The smallest absolute Gasteiger partial charge is 0.274 e. The number of aromatic nitrogens is 4. The summed E-state index contributed by atoms with van der Waals surface area (Å²) in [5, 5.41) is 0. The predicted molar refractivity (Wildman–Crippen MR) is 94.1 cm³/mol. The molecular weight excluding hydrogens is 316 g/mol. The van der Waals surface area contributed by atoms with Crippen molar-refractivity contribution >= 4 is 17.4 Å². The first-order valence-electron chi connectivity index (χ1n) is 8.39. The molecule has 1 amide bonds. The van der Waals surface area contributed by atoms with Crippen molar-refractivity contribution in [1.29, 1.82) is 0 Å². The van der Waals surface area contributed by atoms with Crippen LogP contribution in [-0.4, -0.2) is 36.7 Å². The van der Waals surface area contributed by atoms with E-state index in [0.717, 1.165) is 29.9 Å². The first-order chi connectivity index (χ1) is 12.0. The highest BCUT2D eigenvalue weighted by molar-refractivity contribution is 5.93. The van der Waals surface area contributed by atoms with Gasteiger partial charge in [-0.25, -0.2) is 15.0 Å². The number of fused-ring (bicyclic) bond motifs is 1. The zero-order valence-corrected chi connectivity index (χ0v) is 14.3. The molecule has 0 aliphatic carbocycles. The fraction of sp³-hybridized carbons (Fsp3) is 0.333. The molecule has 1 fully saturated rings. The van der Waals surface area contributed by atoms with Gasteiger partial charge in [0.05, 0.1) is 11.7 Å². The molecule has 1 aliphatic rings. The van der Waals surface area contributed by atoms with Crippen molar-refractivity contribution in [1.82, 2.24) is 24.3 Å². The Labute approximate surface area is 145 Å². The number of nitrogens with two attached hydrogens (primary N) is 1. The van der Waals surface area contributed by atoms with Crippen LogP contribution >= 0.6 is 0 Å². The Morgan fingerprint density at radius 2 is 2.08 bits per heavy atom. The molecular formula is C18H20N6O. The molecule has 4 rings (SSSR count). The molecule has 0 aromatic carbocycles. The van der Waals surface area contributed by atoms with E-state index in [-0.39, 0.29) is 11.9 Å². The fourth-order valence-electron chi connectivity index (χ4n) is 3.50. The van der Waals surface area contributed by atoms with Crippen molar-refractivity contribution in [2.75, 3.05) is 12.3 Å². The first kappa shape index (κ1) is 15.6. The predicted octanol–water partition coefficient (Wildman–Crippen LogP) is 2.30. The minimum absolute atomic E-state index is 0.0690. The van der Waals surface area contributed by atoms with E-state index in [0.29, 0.717) is 23.9 Å². The summed E-state index contributed by atoms with van der Waals surface area (Å²) in [6, 6.07) is 7.52. The molecule has 0 radical (unpaired) electrons. The van der Waals surface area contributed by atoms with E-state index < -0.39 is 0 Å². The quantitative estimate of drug-likeness (QED) is 0.775. The number of imidazole rings is 1. The maximum Gasteiger partial charge on any atom is 0.274 e. The van der Waals surface area contributed by atoms with Crippen molar-refractivity contribution < 1.29 is 4.79 Å². The van der Waals surface area contributed by atoms with Crippen molar-refractivity contribution in [3.63, 3.8) is 0 Å². The Kier molecular flexibility index (Phi) is 3.63. The molecule has 7 heteroatoms. The molecule has 0 bridgehead atoms. The van der Waals surface area contributed by atoms with Crippen LogP contribution in [0.5, 0.6) is 0 Å². The van der Waals surface area contributed by atoms with Gasteiger partial charge in [0.2, 0.25) is 0 Å². The summed E-state index contributed by atoms with van der Waals surface area (Å²) >= 11 is 0. The Hall–Kier alpha value is -2.96. The van der Waals surface area contributed by atoms with Crippen molar-refractivity contribution in [3.8, 4) is 0 Å². The summed E-state index contributed by atoms with van der Waals surface area (Å²) in [6.45, 7) is 4.50. The molecule has 4 heterocycles. The normalized spacial score (nSPS) is 17.4. The summed E-state index contributed by atoms with van der Waals surface area (Å²) < 4.78 is 1.94. The molecule has 1 unspecified atom stereocenters. The van der Waals surface area contributed by atoms with E-state index in [2.05, 4.69) is 15.0 Å². The summed E-state index contributed by atoms with van der Waals surface area (Å²) in [5.41, 5.74) is 8.94. The Morgan fingerprint density at radius 1 is 1.24 bits per heavy atom. The van der Waals surface area contributed by atoms with Gasteiger partial charge < -0.3 is 15.0 Å². The monoisotopic (exact) mass is 336 g/mol. The van der Waals surface area contributed by atoms with E-state index in [9.17, 15) is 4.79 Å². The molecule has 0 spiro atoms. The minimum atomic E-state index is -0.0811. The van der Waals surface area contributed by atoms with E-state index in [4.69, 9.17) is 5.73 Å². The van der Waals surface area contributed by atoms with Crippen LogP contribution in [0.1, 0.15) is 46.6 Å². The van der Waals surface area contributed by atoms with Gasteiger partial charge in [0.1, 0.15) is 23.0 Å². The largest absolute Gasteiger partial charge is 0.384 e. The van der Waals surface area contributed by atoms with Gasteiger partial charge >= 0.3 is 0 Å². The standard InChI is InChI=1S/C18H20N6O/c1-11-5-3-7-17-22-14(10-24(11)17)18(25)23-8-4-6-15(23)13-9-16(19)21-12(2)20-13/h3,5,7,9-10,15H,4,6,8H2,1-2H3,(H2,19,20,21). The number of aryl methyl sites for hydroxylation is 2. The Balaban J connectivity index is 1.69. The summed E-state index contributed by atoms with van der Waals surface area (Å²) in [6.07, 6.45) is 3.61. The van der Waals surface area contributed by atoms with Gasteiger partial charge in [-0.3, -0.25) is 4.79 Å². The SMILES string of the molecule is Cc1nc(N)cc(C2CCCN2C(=O)c2cn3c(C)cccc3n2)n1. The third-order valence-corrected chi connectivity index (χ3v) is 4.65. The molecule has 1 atom stereocenters. The van der Waals surface area contributed by atoms with Gasteiger partial charge in [0.15, 0.2) is 0 Å². The summed E-state index contributed by atoms with van der Waals surface area (Å²) in [4.78, 5) is 28.0. The van der Waals surface area contributed by atoms with E-state index >= 15 is 0 Å². The lowest BCUT2D eigenvalue weighted by molar-refractivity contribution is 0.0727. The van der Waals surface area contributed by atoms with E-state index in [1.165, 1.54) is 0 Å². The molecule has 1 aliphatic heterocycles. The number of amides is 1. The highest BCUT2D eigenvalue weighted by atomic mass is 16.2. The Morgan fingerprint density at radius 3 is 2.84 bits per heavy atom. The number of hydrogen-bond acceptors (Lipinski definition) is 5. The van der Waals surface area contributed by atoms with Gasteiger partial charge in [-0.1, -0.05) is 6.07 Å². The minimum Gasteiger partial charge on any atom is -0.384 e. The summed E-state index contributed by atoms with van der Waals surface area (Å²) in [5.74, 6) is 0.989. The second-order valence-corrected chi connectivity index (χ2v) is 6.44. The number of rotatable bonds is 2. The van der Waals surface area contributed by atoms with Crippen molar-refractivity contribution in [2.24, 2.45) is 0 Å². The second-order valence-electron chi connectivity index (χ2n) is 6.44. The van der Waals surface area contributed by atoms with Gasteiger partial charge in [0.25, 0.3) is 5.91 Å². The Bertz CT molecular complexity index is 943. The average Bonchev–Trinajstić information content (AvgIpc) is 3.21. The van der Waals surface area contributed by atoms with Crippen LogP contribution in [-0.2, 0) is 0 Å². The van der Waals surface area contributed by atoms with Crippen molar-refractivity contribution in [3.05, 3.63) is 53.4 Å². The average molecular weight is 336 g/mol. The van der Waals surface area contributed by atoms with Crippen LogP contribution in [0.3, 0.4) is 0 Å². The fourth-order valence-corrected chi connectivity index (χ4v) is 3.50. The highest BCUT2D eigenvalue weighted by Gasteiger charge is 2.33. The number of carbonyl (C=O) groups excluding carboxylic acids is 1. The van der Waals surface area contributed by atoms with Crippen LogP contribution in [0.2, 0.25) is 0 Å². The zero-order valence-electron chi connectivity index (χ0n) is 14.3. The number of likely N-dealkylation sites (tertiary alicyclic amines) is 1. The third-order valence-electron chi connectivity index (χ3n) is 4.65. The zero-order chi connectivity index (χ0) is 17.6. The topological polar surface area (TPSA) is 89.4 Å². The lowest BCUT2D eigenvalue weighted by Gasteiger charge is -2.23. The maximum absolute atomic E-state index is 13.1. The molecule has 3 aromatic rings. The van der Waals surface area contributed by atoms with Gasteiger partial charge in [0, 0.05) is 24.5 Å². The van der Waals surface area contributed by atoms with Crippen LogP contribution in [0, 0.1) is 13.8 Å². The molecule has 2 N–H and O–H groups in total. The van der Waals surface area contributed by atoms with Crippen LogP contribution in [0.15, 0.2) is 30.5 Å². The number of pyridine rings is 1. The molecule has 7 nitrogen and oxygen atoms in total. The van der Waals surface area contributed by atoms with E-state index in [1.54, 1.807) is 6.07 Å². The van der Waals surface area contributed by atoms with Gasteiger partial charge in [-0.05, 0) is 38.8 Å². The lowest BCUT2D eigenvalue weighted by atomic mass is 10.1. The number of nitrogen functional groups attached to an aromatic ring is 1. The molecule has 3 aromatic heterocycles. The third kappa shape index (κ3) is 2.71. The molecule has 25 heavy (non-hydrogen) atoms. The van der Waals surface area contributed by atoms with Crippen LogP contribution < -0.4 is 5.73 Å². The van der Waals surface area contributed by atoms with Crippen LogP contribution in [0.25, 0.3) is 5.65 Å². The van der Waals surface area contributed by atoms with Gasteiger partial charge in [-0.15, -0.1) is 0 Å². The maximum atomic E-state index is 13.1. The summed E-state index contributed by atoms with van der Waals surface area (Å²) in [7, 11) is 0. The van der Waals surface area contributed by atoms with Crippen LogP contribution in [0.4, 0.5) is 5.82 Å². The number of anilines is 1. The lowest BCUT2D eigenvalue weighted by Crippen LogP contribution is -2.31. The molecule has 128 valence electrons. The van der Waals surface area contributed by atoms with E-state index in [1.807, 2.05) is 47.5 Å². The number of nitrogens with zero attached hydrogens (tertiary/aromatic N) is 5. The highest BCUT2D eigenvalue weighted by Crippen LogP contribution is 2.32. The first-order valence-corrected chi connectivity index (χ1v) is 8.39. The molecule has 0 saturated carbocycles.